The Hall–Kier alpha value is -2.07. The molecule has 1 N–H and O–H groups in total. The van der Waals surface area contributed by atoms with Gasteiger partial charge in [-0.2, -0.15) is 0 Å². The standard InChI is InChI=1S/C15H15O4/c1-12(16)18-11-13-6-5-9-15(17,10-13)19-14-7-3-2-4-8-14/h2-10,17H,11H2,1H3/t15-/m1/s1. The van der Waals surface area contributed by atoms with Crippen molar-refractivity contribution in [3.63, 3.8) is 0 Å². The summed E-state index contributed by atoms with van der Waals surface area (Å²) in [5.74, 6) is -1.33. The van der Waals surface area contributed by atoms with Crippen molar-refractivity contribution >= 4 is 5.97 Å². The summed E-state index contributed by atoms with van der Waals surface area (Å²) in [6, 6.07) is 9.01. The highest BCUT2D eigenvalue weighted by Crippen LogP contribution is 2.25. The van der Waals surface area contributed by atoms with Gasteiger partial charge in [0.2, 0.25) is 5.79 Å². The lowest BCUT2D eigenvalue weighted by atomic mass is 10.0. The van der Waals surface area contributed by atoms with Crippen LogP contribution in [0.1, 0.15) is 6.92 Å². The summed E-state index contributed by atoms with van der Waals surface area (Å²) in [7, 11) is 0. The number of hydrogen-bond acceptors (Lipinski definition) is 4. The summed E-state index contributed by atoms with van der Waals surface area (Å²) in [4.78, 5) is 10.8. The molecule has 0 saturated carbocycles. The minimum Gasteiger partial charge on any atom is -0.461 e. The van der Waals surface area contributed by atoms with Crippen LogP contribution in [-0.2, 0) is 9.53 Å². The number of ether oxygens (including phenoxy) is 2. The molecule has 1 aliphatic carbocycles. The van der Waals surface area contributed by atoms with Gasteiger partial charge in [-0.15, -0.1) is 0 Å². The van der Waals surface area contributed by atoms with Gasteiger partial charge in [0.15, 0.2) is 0 Å². The Morgan fingerprint density at radius 1 is 1.32 bits per heavy atom. The van der Waals surface area contributed by atoms with Crippen LogP contribution in [0.25, 0.3) is 0 Å². The zero-order valence-corrected chi connectivity index (χ0v) is 10.6. The zero-order chi connectivity index (χ0) is 13.7. The third-order valence-electron chi connectivity index (χ3n) is 2.50. The molecule has 4 nitrogen and oxygen atoms in total. The Morgan fingerprint density at radius 3 is 2.74 bits per heavy atom. The summed E-state index contributed by atoms with van der Waals surface area (Å²) < 4.78 is 10.4. The molecule has 1 atom stereocenters. The van der Waals surface area contributed by atoms with E-state index in [0.29, 0.717) is 11.3 Å². The Balaban J connectivity index is 2.06. The maximum absolute atomic E-state index is 10.8. The summed E-state index contributed by atoms with van der Waals surface area (Å²) in [5.41, 5.74) is 0.677. The van der Waals surface area contributed by atoms with Crippen molar-refractivity contribution in [2.75, 3.05) is 6.61 Å². The van der Waals surface area contributed by atoms with Crippen molar-refractivity contribution in [2.24, 2.45) is 0 Å². The van der Waals surface area contributed by atoms with Crippen LogP contribution in [0.4, 0.5) is 0 Å². The van der Waals surface area contributed by atoms with Crippen LogP contribution in [-0.4, -0.2) is 23.5 Å². The van der Waals surface area contributed by atoms with Crippen LogP contribution in [0.3, 0.4) is 0 Å². The van der Waals surface area contributed by atoms with Gasteiger partial charge in [0, 0.05) is 6.92 Å². The number of carbonyl (C=O) groups excluding carboxylic acids is 1. The van der Waals surface area contributed by atoms with Crippen molar-refractivity contribution in [1.82, 2.24) is 0 Å². The fraction of sp³-hybridized carbons (Fsp3) is 0.200. The van der Waals surface area contributed by atoms with Gasteiger partial charge in [-0.05, 0) is 23.8 Å². The quantitative estimate of drug-likeness (QED) is 0.664. The van der Waals surface area contributed by atoms with Gasteiger partial charge in [-0.25, -0.2) is 0 Å². The molecule has 99 valence electrons. The van der Waals surface area contributed by atoms with Gasteiger partial charge in [-0.1, -0.05) is 30.4 Å². The second-order valence-electron chi connectivity index (χ2n) is 4.19. The number of benzene rings is 1. The number of aliphatic hydroxyl groups is 1. The first-order chi connectivity index (χ1) is 9.07. The van der Waals surface area contributed by atoms with Gasteiger partial charge >= 0.3 is 5.97 Å². The third kappa shape index (κ3) is 3.96. The molecule has 2 rings (SSSR count). The zero-order valence-electron chi connectivity index (χ0n) is 10.6. The Morgan fingerprint density at radius 2 is 2.05 bits per heavy atom. The maximum Gasteiger partial charge on any atom is 0.302 e. The van der Waals surface area contributed by atoms with E-state index in [9.17, 15) is 9.90 Å². The predicted molar refractivity (Wildman–Crippen MR) is 70.2 cm³/mol. The summed E-state index contributed by atoms with van der Waals surface area (Å²) in [5, 5.41) is 10.3. The van der Waals surface area contributed by atoms with Crippen LogP contribution in [0, 0.1) is 6.42 Å². The molecule has 1 aliphatic rings. The minimum atomic E-state index is -1.52. The largest absolute Gasteiger partial charge is 0.461 e. The topological polar surface area (TPSA) is 55.8 Å². The first-order valence-electron chi connectivity index (χ1n) is 5.91. The molecule has 0 spiro atoms. The number of para-hydroxylation sites is 1. The highest BCUT2D eigenvalue weighted by molar-refractivity contribution is 5.66. The highest BCUT2D eigenvalue weighted by Gasteiger charge is 2.28. The average molecular weight is 259 g/mol. The molecule has 1 aromatic rings. The summed E-state index contributed by atoms with van der Waals surface area (Å²) >= 11 is 0. The first kappa shape index (κ1) is 13.4. The molecule has 1 radical (unpaired) electrons. The van der Waals surface area contributed by atoms with Gasteiger partial charge in [-0.3, -0.25) is 4.79 Å². The summed E-state index contributed by atoms with van der Waals surface area (Å²) in [6.45, 7) is 1.45. The van der Waals surface area contributed by atoms with Crippen molar-refractivity contribution < 1.29 is 19.4 Å². The van der Waals surface area contributed by atoms with E-state index in [2.05, 4.69) is 0 Å². The lowest BCUT2D eigenvalue weighted by Crippen LogP contribution is -2.35. The van der Waals surface area contributed by atoms with Crippen molar-refractivity contribution in [3.05, 3.63) is 60.6 Å². The Bertz CT molecular complexity index is 504. The van der Waals surface area contributed by atoms with Gasteiger partial charge in [0.1, 0.15) is 12.4 Å². The van der Waals surface area contributed by atoms with E-state index in [-0.39, 0.29) is 12.6 Å². The van der Waals surface area contributed by atoms with Crippen LogP contribution in [0.5, 0.6) is 5.75 Å². The summed E-state index contributed by atoms with van der Waals surface area (Å²) in [6.07, 6.45) is 6.47. The van der Waals surface area contributed by atoms with E-state index in [1.807, 2.05) is 18.2 Å². The molecule has 4 heteroatoms. The molecule has 1 aromatic carbocycles. The van der Waals surface area contributed by atoms with Crippen LogP contribution in [0.15, 0.2) is 54.1 Å². The molecule has 0 saturated heterocycles. The maximum atomic E-state index is 10.8. The smallest absolute Gasteiger partial charge is 0.302 e. The van der Waals surface area contributed by atoms with Gasteiger partial charge in [0.25, 0.3) is 0 Å². The molecule has 0 aliphatic heterocycles. The second kappa shape index (κ2) is 5.71. The molecular weight excluding hydrogens is 244 g/mol. The van der Waals surface area contributed by atoms with Gasteiger partial charge < -0.3 is 14.6 Å². The molecule has 0 bridgehead atoms. The van der Waals surface area contributed by atoms with Crippen molar-refractivity contribution in [2.45, 2.75) is 12.7 Å². The number of esters is 1. The molecule has 19 heavy (non-hydrogen) atoms. The fourth-order valence-electron chi connectivity index (χ4n) is 1.69. The molecule has 0 amide bonds. The average Bonchev–Trinajstić information content (AvgIpc) is 2.37. The Kier molecular flexibility index (Phi) is 4.02. The van der Waals surface area contributed by atoms with E-state index >= 15 is 0 Å². The third-order valence-corrected chi connectivity index (χ3v) is 2.50. The number of rotatable bonds is 4. The molecule has 0 fully saturated rings. The lowest BCUT2D eigenvalue weighted by Gasteiger charge is -2.27. The molecule has 0 heterocycles. The normalized spacial score (nSPS) is 21.7. The SMILES string of the molecule is CC(=O)OCC1=C[C@](O)(Oc2ccccc2)[CH]C=C1. The number of hydrogen-bond donors (Lipinski definition) is 1. The fourth-order valence-corrected chi connectivity index (χ4v) is 1.69. The van der Waals surface area contributed by atoms with Gasteiger partial charge in [0.05, 0.1) is 6.42 Å². The van der Waals surface area contributed by atoms with E-state index in [0.717, 1.165) is 0 Å². The monoisotopic (exact) mass is 259 g/mol. The van der Waals surface area contributed by atoms with E-state index < -0.39 is 5.79 Å². The molecular formula is C15H15O4. The van der Waals surface area contributed by atoms with Crippen molar-refractivity contribution in [1.29, 1.82) is 0 Å². The van der Waals surface area contributed by atoms with Crippen LogP contribution < -0.4 is 4.74 Å². The van der Waals surface area contributed by atoms with E-state index in [1.54, 1.807) is 24.3 Å². The van der Waals surface area contributed by atoms with Crippen molar-refractivity contribution in [3.8, 4) is 5.75 Å². The molecule has 0 aromatic heterocycles. The highest BCUT2D eigenvalue weighted by atomic mass is 16.6. The lowest BCUT2D eigenvalue weighted by molar-refractivity contribution is -0.140. The molecule has 0 unspecified atom stereocenters. The minimum absolute atomic E-state index is 0.111. The second-order valence-corrected chi connectivity index (χ2v) is 4.19. The van der Waals surface area contributed by atoms with E-state index in [1.165, 1.54) is 19.4 Å². The van der Waals surface area contributed by atoms with Crippen LogP contribution in [0.2, 0.25) is 0 Å². The Labute approximate surface area is 112 Å². The predicted octanol–water partition coefficient (Wildman–Crippen LogP) is 2.02. The van der Waals surface area contributed by atoms with E-state index in [4.69, 9.17) is 9.47 Å². The van der Waals surface area contributed by atoms with Crippen LogP contribution >= 0.6 is 0 Å². The number of carbonyl (C=O) groups is 1. The first-order valence-corrected chi connectivity index (χ1v) is 5.91.